The molecule has 0 aromatic carbocycles. The van der Waals surface area contributed by atoms with Gasteiger partial charge < -0.3 is 0 Å². The SMILES string of the molecule is CCC(C)C(C)CCC1C=C1C. The molecule has 0 N–H and O–H groups in total. The molecule has 0 spiro atoms. The molecule has 1 aliphatic rings. The Hall–Kier alpha value is -0.260. The van der Waals surface area contributed by atoms with E-state index in [1.54, 1.807) is 5.57 Å². The van der Waals surface area contributed by atoms with Gasteiger partial charge in [-0.15, -0.1) is 0 Å². The predicted molar refractivity (Wildman–Crippen MR) is 55.1 cm³/mol. The summed E-state index contributed by atoms with van der Waals surface area (Å²) in [4.78, 5) is 0. The van der Waals surface area contributed by atoms with E-state index in [4.69, 9.17) is 0 Å². The van der Waals surface area contributed by atoms with Crippen LogP contribution in [-0.4, -0.2) is 0 Å². The largest absolute Gasteiger partial charge is 0.0778 e. The molecule has 0 nitrogen and oxygen atoms in total. The molecule has 3 unspecified atom stereocenters. The Kier molecular flexibility index (Phi) is 3.37. The minimum Gasteiger partial charge on any atom is -0.0778 e. The maximum atomic E-state index is 2.39. The Morgan fingerprint density at radius 1 is 1.33 bits per heavy atom. The van der Waals surface area contributed by atoms with E-state index in [-0.39, 0.29) is 0 Å². The second kappa shape index (κ2) is 4.11. The molecule has 70 valence electrons. The Morgan fingerprint density at radius 2 is 1.92 bits per heavy atom. The van der Waals surface area contributed by atoms with Crippen molar-refractivity contribution >= 4 is 0 Å². The summed E-state index contributed by atoms with van der Waals surface area (Å²) in [6, 6.07) is 0. The van der Waals surface area contributed by atoms with Crippen LogP contribution >= 0.6 is 0 Å². The molecular weight excluding hydrogens is 144 g/mol. The first-order valence-corrected chi connectivity index (χ1v) is 5.33. The molecule has 0 aromatic heterocycles. The maximum absolute atomic E-state index is 2.39. The van der Waals surface area contributed by atoms with Crippen molar-refractivity contribution < 1.29 is 0 Å². The van der Waals surface area contributed by atoms with Crippen LogP contribution in [-0.2, 0) is 0 Å². The highest BCUT2D eigenvalue weighted by Crippen LogP contribution is 2.34. The lowest BCUT2D eigenvalue weighted by Gasteiger charge is -2.17. The molecule has 0 aliphatic heterocycles. The van der Waals surface area contributed by atoms with Crippen LogP contribution in [0.5, 0.6) is 0 Å². The second-order valence-electron chi connectivity index (χ2n) is 4.46. The molecule has 3 atom stereocenters. The van der Waals surface area contributed by atoms with Crippen LogP contribution in [0.25, 0.3) is 0 Å². The zero-order chi connectivity index (χ0) is 9.14. The van der Waals surface area contributed by atoms with Gasteiger partial charge in [0.1, 0.15) is 0 Å². The highest BCUT2D eigenvalue weighted by atomic mass is 14.3. The van der Waals surface area contributed by atoms with Crippen LogP contribution in [0.2, 0.25) is 0 Å². The summed E-state index contributed by atoms with van der Waals surface area (Å²) in [5.74, 6) is 2.71. The summed E-state index contributed by atoms with van der Waals surface area (Å²) in [6.07, 6.45) is 6.53. The Balaban J connectivity index is 2.06. The third kappa shape index (κ3) is 2.66. The van der Waals surface area contributed by atoms with E-state index in [9.17, 15) is 0 Å². The van der Waals surface area contributed by atoms with Crippen molar-refractivity contribution in [2.75, 3.05) is 0 Å². The van der Waals surface area contributed by atoms with Gasteiger partial charge in [-0.1, -0.05) is 38.8 Å². The minimum atomic E-state index is 0.886. The first kappa shape index (κ1) is 9.83. The van der Waals surface area contributed by atoms with Crippen molar-refractivity contribution in [3.8, 4) is 0 Å². The van der Waals surface area contributed by atoms with E-state index in [0.717, 1.165) is 17.8 Å². The average molecular weight is 166 g/mol. The van der Waals surface area contributed by atoms with Gasteiger partial charge in [-0.3, -0.25) is 0 Å². The monoisotopic (exact) mass is 166 g/mol. The van der Waals surface area contributed by atoms with Crippen LogP contribution in [0.1, 0.15) is 47.0 Å². The van der Waals surface area contributed by atoms with Gasteiger partial charge in [0.2, 0.25) is 0 Å². The van der Waals surface area contributed by atoms with E-state index >= 15 is 0 Å². The van der Waals surface area contributed by atoms with Crippen LogP contribution in [0.15, 0.2) is 11.6 Å². The third-order valence-corrected chi connectivity index (χ3v) is 3.49. The molecular formula is C12H22. The summed E-state index contributed by atoms with van der Waals surface area (Å²) in [6.45, 7) is 9.31. The highest BCUT2D eigenvalue weighted by molar-refractivity contribution is 5.26. The van der Waals surface area contributed by atoms with E-state index in [0.29, 0.717) is 0 Å². The van der Waals surface area contributed by atoms with Crippen LogP contribution in [0.4, 0.5) is 0 Å². The Bertz CT molecular complexity index is 167. The van der Waals surface area contributed by atoms with Crippen molar-refractivity contribution in [1.82, 2.24) is 0 Å². The van der Waals surface area contributed by atoms with Gasteiger partial charge in [-0.2, -0.15) is 0 Å². The standard InChI is InChI=1S/C12H22/c1-5-9(2)10(3)6-7-12-8-11(12)4/h8-10,12H,5-7H2,1-4H3. The Morgan fingerprint density at radius 3 is 2.33 bits per heavy atom. The smallest absolute Gasteiger partial charge is 0.00229 e. The molecule has 0 saturated carbocycles. The first-order chi connectivity index (χ1) is 5.65. The zero-order valence-corrected chi connectivity index (χ0v) is 8.93. The van der Waals surface area contributed by atoms with E-state index in [1.165, 1.54) is 19.3 Å². The molecule has 0 bridgehead atoms. The molecule has 1 aliphatic carbocycles. The topological polar surface area (TPSA) is 0 Å². The summed E-state index contributed by atoms with van der Waals surface area (Å²) < 4.78 is 0. The fourth-order valence-corrected chi connectivity index (χ4v) is 1.71. The fraction of sp³-hybridized carbons (Fsp3) is 0.833. The molecule has 0 heteroatoms. The minimum absolute atomic E-state index is 0.886. The molecule has 0 radical (unpaired) electrons. The van der Waals surface area contributed by atoms with Gasteiger partial charge in [0.25, 0.3) is 0 Å². The van der Waals surface area contributed by atoms with Crippen LogP contribution in [0.3, 0.4) is 0 Å². The van der Waals surface area contributed by atoms with E-state index in [1.807, 2.05) is 0 Å². The van der Waals surface area contributed by atoms with Crippen molar-refractivity contribution in [2.45, 2.75) is 47.0 Å². The number of hydrogen-bond donors (Lipinski definition) is 0. The summed E-state index contributed by atoms with van der Waals surface area (Å²) in [5, 5.41) is 0. The summed E-state index contributed by atoms with van der Waals surface area (Å²) in [7, 11) is 0. The van der Waals surface area contributed by atoms with Gasteiger partial charge in [-0.05, 0) is 37.5 Å². The zero-order valence-electron chi connectivity index (χ0n) is 8.93. The van der Waals surface area contributed by atoms with E-state index < -0.39 is 0 Å². The van der Waals surface area contributed by atoms with Crippen molar-refractivity contribution in [3.63, 3.8) is 0 Å². The third-order valence-electron chi connectivity index (χ3n) is 3.49. The number of hydrogen-bond acceptors (Lipinski definition) is 0. The number of rotatable bonds is 5. The molecule has 1 rings (SSSR count). The lowest BCUT2D eigenvalue weighted by molar-refractivity contribution is 0.343. The van der Waals surface area contributed by atoms with Gasteiger partial charge in [0, 0.05) is 0 Å². The summed E-state index contributed by atoms with van der Waals surface area (Å²) >= 11 is 0. The summed E-state index contributed by atoms with van der Waals surface area (Å²) in [5.41, 5.74) is 1.62. The molecule has 12 heavy (non-hydrogen) atoms. The van der Waals surface area contributed by atoms with Crippen LogP contribution in [0, 0.1) is 17.8 Å². The predicted octanol–water partition coefficient (Wildman–Crippen LogP) is 4.02. The maximum Gasteiger partial charge on any atom is -0.00229 e. The van der Waals surface area contributed by atoms with Crippen LogP contribution < -0.4 is 0 Å². The quantitative estimate of drug-likeness (QED) is 0.541. The average Bonchev–Trinajstić information content (AvgIpc) is 2.76. The Labute approximate surface area is 77.1 Å². The molecule has 0 aromatic rings. The molecule has 0 amide bonds. The van der Waals surface area contributed by atoms with E-state index in [2.05, 4.69) is 33.8 Å². The number of allylic oxidation sites excluding steroid dienone is 2. The normalized spacial score (nSPS) is 26.3. The van der Waals surface area contributed by atoms with Crippen molar-refractivity contribution in [1.29, 1.82) is 0 Å². The lowest BCUT2D eigenvalue weighted by Crippen LogP contribution is -2.07. The molecule has 0 heterocycles. The fourth-order valence-electron chi connectivity index (χ4n) is 1.71. The van der Waals surface area contributed by atoms with Gasteiger partial charge in [-0.25, -0.2) is 0 Å². The molecule has 0 saturated heterocycles. The van der Waals surface area contributed by atoms with Gasteiger partial charge in [0.15, 0.2) is 0 Å². The van der Waals surface area contributed by atoms with Gasteiger partial charge in [0.05, 0.1) is 0 Å². The first-order valence-electron chi connectivity index (χ1n) is 5.33. The van der Waals surface area contributed by atoms with Crippen molar-refractivity contribution in [2.24, 2.45) is 17.8 Å². The van der Waals surface area contributed by atoms with Crippen molar-refractivity contribution in [3.05, 3.63) is 11.6 Å². The molecule has 0 fully saturated rings. The highest BCUT2D eigenvalue weighted by Gasteiger charge is 2.21. The lowest BCUT2D eigenvalue weighted by atomic mass is 9.88. The van der Waals surface area contributed by atoms with Gasteiger partial charge >= 0.3 is 0 Å². The second-order valence-corrected chi connectivity index (χ2v) is 4.46.